The SMILES string of the molecule is N[C@H](CCF)c1cccc(Cl)c1O. The zero-order chi connectivity index (χ0) is 9.84. The first-order valence-corrected chi connectivity index (χ1v) is 4.33. The van der Waals surface area contributed by atoms with Crippen molar-refractivity contribution in [3.05, 3.63) is 28.8 Å². The van der Waals surface area contributed by atoms with Gasteiger partial charge in [-0.1, -0.05) is 23.7 Å². The minimum Gasteiger partial charge on any atom is -0.506 e. The average molecular weight is 204 g/mol. The summed E-state index contributed by atoms with van der Waals surface area (Å²) in [6.07, 6.45) is 0.188. The van der Waals surface area contributed by atoms with Gasteiger partial charge in [0.2, 0.25) is 0 Å². The molecule has 0 aliphatic carbocycles. The van der Waals surface area contributed by atoms with E-state index >= 15 is 0 Å². The standard InChI is InChI=1S/C9H11ClFNO/c10-7-3-1-2-6(9(7)13)8(12)4-5-11/h1-3,8,13H,4-5,12H2/t8-/m1/s1. The van der Waals surface area contributed by atoms with E-state index in [4.69, 9.17) is 17.3 Å². The van der Waals surface area contributed by atoms with Crippen LogP contribution in [0.2, 0.25) is 5.02 Å². The summed E-state index contributed by atoms with van der Waals surface area (Å²) in [4.78, 5) is 0. The summed E-state index contributed by atoms with van der Waals surface area (Å²) in [5, 5.41) is 9.70. The van der Waals surface area contributed by atoms with Crippen molar-refractivity contribution >= 4 is 11.6 Å². The van der Waals surface area contributed by atoms with Crippen molar-refractivity contribution in [3.8, 4) is 5.75 Å². The monoisotopic (exact) mass is 203 g/mol. The van der Waals surface area contributed by atoms with Crippen LogP contribution in [0.3, 0.4) is 0 Å². The Morgan fingerprint density at radius 2 is 2.23 bits per heavy atom. The normalized spacial score (nSPS) is 12.8. The van der Waals surface area contributed by atoms with Crippen LogP contribution in [0.5, 0.6) is 5.75 Å². The first-order chi connectivity index (χ1) is 6.16. The molecule has 3 N–H and O–H groups in total. The molecule has 0 amide bonds. The topological polar surface area (TPSA) is 46.2 Å². The second-order valence-electron chi connectivity index (χ2n) is 2.76. The Morgan fingerprint density at radius 1 is 1.54 bits per heavy atom. The van der Waals surface area contributed by atoms with Crippen molar-refractivity contribution in [2.75, 3.05) is 6.67 Å². The van der Waals surface area contributed by atoms with E-state index in [0.29, 0.717) is 5.56 Å². The molecule has 0 heterocycles. The fraction of sp³-hybridized carbons (Fsp3) is 0.333. The first-order valence-electron chi connectivity index (χ1n) is 3.95. The Morgan fingerprint density at radius 3 is 2.85 bits per heavy atom. The average Bonchev–Trinajstić information content (AvgIpc) is 2.10. The predicted molar refractivity (Wildman–Crippen MR) is 50.6 cm³/mol. The van der Waals surface area contributed by atoms with E-state index in [1.807, 2.05) is 0 Å². The van der Waals surface area contributed by atoms with Crippen molar-refractivity contribution in [1.82, 2.24) is 0 Å². The molecule has 0 bridgehead atoms. The summed E-state index contributed by atoms with van der Waals surface area (Å²) in [7, 11) is 0. The molecule has 1 atom stereocenters. The number of para-hydroxylation sites is 1. The fourth-order valence-electron chi connectivity index (χ4n) is 1.10. The van der Waals surface area contributed by atoms with Crippen LogP contribution in [0.4, 0.5) is 4.39 Å². The molecule has 72 valence electrons. The zero-order valence-electron chi connectivity index (χ0n) is 7.00. The second-order valence-corrected chi connectivity index (χ2v) is 3.17. The summed E-state index contributed by atoms with van der Waals surface area (Å²) in [6.45, 7) is -0.507. The number of rotatable bonds is 3. The van der Waals surface area contributed by atoms with Gasteiger partial charge in [0.15, 0.2) is 0 Å². The molecule has 0 saturated heterocycles. The predicted octanol–water partition coefficient (Wildman–Crippen LogP) is 2.41. The largest absolute Gasteiger partial charge is 0.506 e. The molecule has 0 aliphatic rings. The minimum absolute atomic E-state index is 0.0508. The van der Waals surface area contributed by atoms with E-state index in [2.05, 4.69) is 0 Å². The summed E-state index contributed by atoms with van der Waals surface area (Å²) in [5.74, 6) is -0.0508. The Kier molecular flexibility index (Phi) is 3.51. The van der Waals surface area contributed by atoms with Gasteiger partial charge in [-0.15, -0.1) is 0 Å². The van der Waals surface area contributed by atoms with Crippen LogP contribution < -0.4 is 5.73 Å². The van der Waals surface area contributed by atoms with Gasteiger partial charge in [0.25, 0.3) is 0 Å². The summed E-state index contributed by atoms with van der Waals surface area (Å²) >= 11 is 5.66. The highest BCUT2D eigenvalue weighted by Gasteiger charge is 2.12. The van der Waals surface area contributed by atoms with Gasteiger partial charge in [-0.3, -0.25) is 4.39 Å². The van der Waals surface area contributed by atoms with E-state index in [1.165, 1.54) is 0 Å². The van der Waals surface area contributed by atoms with Gasteiger partial charge in [-0.2, -0.15) is 0 Å². The van der Waals surface area contributed by atoms with Gasteiger partial charge in [-0.25, -0.2) is 0 Å². The Balaban J connectivity index is 2.93. The second kappa shape index (κ2) is 4.44. The highest BCUT2D eigenvalue weighted by atomic mass is 35.5. The first kappa shape index (κ1) is 10.3. The highest BCUT2D eigenvalue weighted by molar-refractivity contribution is 6.32. The molecule has 1 aromatic rings. The Bertz CT molecular complexity index is 293. The number of halogens is 2. The lowest BCUT2D eigenvalue weighted by Gasteiger charge is -2.12. The van der Waals surface area contributed by atoms with Crippen LogP contribution in [0.1, 0.15) is 18.0 Å². The number of alkyl halides is 1. The maximum atomic E-state index is 12.0. The van der Waals surface area contributed by atoms with Gasteiger partial charge < -0.3 is 10.8 Å². The smallest absolute Gasteiger partial charge is 0.138 e. The summed E-state index contributed by atoms with van der Waals surface area (Å²) in [6, 6.07) is 4.38. The van der Waals surface area contributed by atoms with Crippen LogP contribution in [-0.2, 0) is 0 Å². The van der Waals surface area contributed by atoms with Crippen LogP contribution in [0, 0.1) is 0 Å². The lowest BCUT2D eigenvalue weighted by Crippen LogP contribution is -2.11. The van der Waals surface area contributed by atoms with Crippen molar-refractivity contribution in [2.45, 2.75) is 12.5 Å². The van der Waals surface area contributed by atoms with Crippen LogP contribution in [0.25, 0.3) is 0 Å². The van der Waals surface area contributed by atoms with Crippen LogP contribution in [-0.4, -0.2) is 11.8 Å². The van der Waals surface area contributed by atoms with Crippen LogP contribution >= 0.6 is 11.6 Å². The van der Waals surface area contributed by atoms with Crippen LogP contribution in [0.15, 0.2) is 18.2 Å². The number of hydrogen-bond acceptors (Lipinski definition) is 2. The van der Waals surface area contributed by atoms with Gasteiger partial charge in [0, 0.05) is 11.6 Å². The molecule has 4 heteroatoms. The van der Waals surface area contributed by atoms with Crippen molar-refractivity contribution < 1.29 is 9.50 Å². The fourth-order valence-corrected chi connectivity index (χ4v) is 1.29. The van der Waals surface area contributed by atoms with Gasteiger partial charge in [0.1, 0.15) is 5.75 Å². The van der Waals surface area contributed by atoms with E-state index < -0.39 is 12.7 Å². The minimum atomic E-state index is -0.507. The molecule has 1 rings (SSSR count). The third kappa shape index (κ3) is 2.32. The highest BCUT2D eigenvalue weighted by Crippen LogP contribution is 2.31. The molecule has 0 spiro atoms. The lowest BCUT2D eigenvalue weighted by molar-refractivity contribution is 0.424. The third-order valence-electron chi connectivity index (χ3n) is 1.84. The molecule has 0 aromatic heterocycles. The Labute approximate surface area is 81.1 Å². The number of phenols is 1. The van der Waals surface area contributed by atoms with E-state index in [9.17, 15) is 9.50 Å². The number of phenolic OH excluding ortho intramolecular Hbond substituents is 1. The van der Waals surface area contributed by atoms with E-state index in [0.717, 1.165) is 0 Å². The van der Waals surface area contributed by atoms with Gasteiger partial charge in [0.05, 0.1) is 11.7 Å². The van der Waals surface area contributed by atoms with Gasteiger partial charge >= 0.3 is 0 Å². The molecule has 0 radical (unpaired) electrons. The third-order valence-corrected chi connectivity index (χ3v) is 2.14. The quantitative estimate of drug-likeness (QED) is 0.793. The van der Waals surface area contributed by atoms with Crippen molar-refractivity contribution in [1.29, 1.82) is 0 Å². The molecular weight excluding hydrogens is 193 g/mol. The van der Waals surface area contributed by atoms with Gasteiger partial charge in [-0.05, 0) is 12.5 Å². The summed E-state index contributed by atoms with van der Waals surface area (Å²) < 4.78 is 12.0. The number of nitrogens with two attached hydrogens (primary N) is 1. The zero-order valence-corrected chi connectivity index (χ0v) is 7.76. The Hall–Kier alpha value is -0.800. The summed E-state index contributed by atoms with van der Waals surface area (Å²) in [5.41, 5.74) is 6.11. The number of hydrogen-bond donors (Lipinski definition) is 2. The van der Waals surface area contributed by atoms with Crippen molar-refractivity contribution in [3.63, 3.8) is 0 Å². The maximum Gasteiger partial charge on any atom is 0.138 e. The molecular formula is C9H11ClFNO. The lowest BCUT2D eigenvalue weighted by atomic mass is 10.0. The molecule has 13 heavy (non-hydrogen) atoms. The molecule has 0 unspecified atom stereocenters. The molecule has 0 saturated carbocycles. The molecule has 0 aliphatic heterocycles. The van der Waals surface area contributed by atoms with E-state index in [1.54, 1.807) is 18.2 Å². The van der Waals surface area contributed by atoms with Crippen molar-refractivity contribution in [2.24, 2.45) is 5.73 Å². The molecule has 2 nitrogen and oxygen atoms in total. The number of benzene rings is 1. The maximum absolute atomic E-state index is 12.0. The van der Waals surface area contributed by atoms with E-state index in [-0.39, 0.29) is 17.2 Å². The molecule has 1 aromatic carbocycles. The molecule has 0 fully saturated rings. The number of aromatic hydroxyl groups is 1.